The van der Waals surface area contributed by atoms with E-state index in [2.05, 4.69) is 13.0 Å². The Morgan fingerprint density at radius 3 is 3.17 bits per heavy atom. The normalized spacial score (nSPS) is 28.6. The van der Waals surface area contributed by atoms with E-state index in [1.54, 1.807) is 11.3 Å². The molecule has 1 heterocycles. The van der Waals surface area contributed by atoms with E-state index in [4.69, 9.17) is 17.3 Å². The van der Waals surface area contributed by atoms with Crippen molar-refractivity contribution in [1.82, 2.24) is 0 Å². The first-order chi connectivity index (χ1) is 5.68. The number of fused-ring (bicyclic) bond motifs is 1. The van der Waals surface area contributed by atoms with Gasteiger partial charge in [0.2, 0.25) is 0 Å². The van der Waals surface area contributed by atoms with Crippen LogP contribution in [0.1, 0.15) is 29.8 Å². The second kappa shape index (κ2) is 3.02. The molecule has 0 aliphatic heterocycles. The third-order valence-corrected chi connectivity index (χ3v) is 4.00. The van der Waals surface area contributed by atoms with Crippen LogP contribution in [0, 0.1) is 5.92 Å². The van der Waals surface area contributed by atoms with Crippen molar-refractivity contribution >= 4 is 22.9 Å². The highest BCUT2D eigenvalue weighted by Crippen LogP contribution is 2.39. The summed E-state index contributed by atoms with van der Waals surface area (Å²) in [5.41, 5.74) is 7.43. The highest BCUT2D eigenvalue weighted by atomic mass is 35.5. The van der Waals surface area contributed by atoms with E-state index >= 15 is 0 Å². The van der Waals surface area contributed by atoms with Crippen molar-refractivity contribution in [2.75, 3.05) is 0 Å². The topological polar surface area (TPSA) is 26.0 Å². The molecule has 0 fully saturated rings. The van der Waals surface area contributed by atoms with Gasteiger partial charge in [-0.1, -0.05) is 18.5 Å². The predicted molar refractivity (Wildman–Crippen MR) is 53.7 cm³/mol. The van der Waals surface area contributed by atoms with Gasteiger partial charge < -0.3 is 5.73 Å². The van der Waals surface area contributed by atoms with Gasteiger partial charge >= 0.3 is 0 Å². The van der Waals surface area contributed by atoms with Gasteiger partial charge in [0.25, 0.3) is 0 Å². The van der Waals surface area contributed by atoms with Crippen LogP contribution in [-0.4, -0.2) is 0 Å². The van der Waals surface area contributed by atoms with Crippen LogP contribution in [0.5, 0.6) is 0 Å². The summed E-state index contributed by atoms with van der Waals surface area (Å²) >= 11 is 7.57. The Labute approximate surface area is 81.5 Å². The van der Waals surface area contributed by atoms with Gasteiger partial charge in [0.05, 0.1) is 4.34 Å². The monoisotopic (exact) mass is 201 g/mol. The SMILES string of the molecule is CC1CCc2cc(Cl)sc2C1N. The number of hydrogen-bond acceptors (Lipinski definition) is 2. The molecule has 0 spiro atoms. The van der Waals surface area contributed by atoms with Crippen LogP contribution < -0.4 is 5.73 Å². The van der Waals surface area contributed by atoms with Crippen LogP contribution in [0.3, 0.4) is 0 Å². The van der Waals surface area contributed by atoms with Crippen molar-refractivity contribution < 1.29 is 0 Å². The lowest BCUT2D eigenvalue weighted by Gasteiger charge is -2.25. The minimum Gasteiger partial charge on any atom is -0.323 e. The number of nitrogens with two attached hydrogens (primary N) is 1. The molecule has 1 aliphatic carbocycles. The fourth-order valence-corrected chi connectivity index (χ4v) is 3.16. The summed E-state index contributed by atoms with van der Waals surface area (Å²) in [5, 5.41) is 0. The van der Waals surface area contributed by atoms with Crippen LogP contribution in [0.15, 0.2) is 6.07 Å². The standard InChI is InChI=1S/C9H12ClNS/c1-5-2-3-6-4-7(10)12-9(6)8(5)11/h4-5,8H,2-3,11H2,1H3. The van der Waals surface area contributed by atoms with Crippen molar-refractivity contribution in [3.63, 3.8) is 0 Å². The number of aryl methyl sites for hydroxylation is 1. The molecule has 0 amide bonds. The summed E-state index contributed by atoms with van der Waals surface area (Å²) in [6, 6.07) is 2.28. The molecule has 2 N–H and O–H groups in total. The van der Waals surface area contributed by atoms with Gasteiger partial charge in [-0.3, -0.25) is 0 Å². The second-order valence-corrected chi connectivity index (χ2v) is 5.20. The van der Waals surface area contributed by atoms with E-state index < -0.39 is 0 Å². The molecule has 0 saturated heterocycles. The molecule has 12 heavy (non-hydrogen) atoms. The average Bonchev–Trinajstić information content (AvgIpc) is 2.39. The Morgan fingerprint density at radius 1 is 1.67 bits per heavy atom. The van der Waals surface area contributed by atoms with Crippen LogP contribution in [0.25, 0.3) is 0 Å². The lowest BCUT2D eigenvalue weighted by atomic mass is 9.87. The molecule has 2 unspecified atom stereocenters. The number of halogens is 1. The van der Waals surface area contributed by atoms with Gasteiger partial charge in [-0.05, 0) is 30.4 Å². The van der Waals surface area contributed by atoms with Gasteiger partial charge in [0, 0.05) is 10.9 Å². The Bertz CT molecular complexity index is 295. The fourth-order valence-electron chi connectivity index (χ4n) is 1.71. The van der Waals surface area contributed by atoms with Gasteiger partial charge in [0.1, 0.15) is 0 Å². The summed E-state index contributed by atoms with van der Waals surface area (Å²) in [4.78, 5) is 1.30. The quantitative estimate of drug-likeness (QED) is 0.686. The minimum atomic E-state index is 0.214. The maximum Gasteiger partial charge on any atom is 0.0934 e. The summed E-state index contributed by atoms with van der Waals surface area (Å²) < 4.78 is 0.879. The molecule has 1 aromatic heterocycles. The van der Waals surface area contributed by atoms with Gasteiger partial charge in [-0.2, -0.15) is 0 Å². The Kier molecular flexibility index (Phi) is 2.15. The summed E-state index contributed by atoms with van der Waals surface area (Å²) in [5.74, 6) is 0.604. The van der Waals surface area contributed by atoms with Crippen LogP contribution in [0.2, 0.25) is 4.34 Å². The average molecular weight is 202 g/mol. The zero-order valence-electron chi connectivity index (χ0n) is 7.01. The first kappa shape index (κ1) is 8.54. The molecule has 2 atom stereocenters. The molecule has 1 aromatic rings. The van der Waals surface area contributed by atoms with E-state index in [1.165, 1.54) is 16.9 Å². The highest BCUT2D eigenvalue weighted by Gasteiger charge is 2.25. The van der Waals surface area contributed by atoms with E-state index in [0.29, 0.717) is 5.92 Å². The first-order valence-corrected chi connectivity index (χ1v) is 5.41. The van der Waals surface area contributed by atoms with Crippen LogP contribution in [-0.2, 0) is 6.42 Å². The third kappa shape index (κ3) is 1.28. The smallest absolute Gasteiger partial charge is 0.0934 e. The minimum absolute atomic E-state index is 0.214. The second-order valence-electron chi connectivity index (χ2n) is 3.48. The van der Waals surface area contributed by atoms with E-state index in [0.717, 1.165) is 10.8 Å². The van der Waals surface area contributed by atoms with Crippen molar-refractivity contribution in [1.29, 1.82) is 0 Å². The van der Waals surface area contributed by atoms with Crippen molar-refractivity contribution in [2.24, 2.45) is 11.7 Å². The maximum atomic E-state index is 6.05. The molecular weight excluding hydrogens is 190 g/mol. The van der Waals surface area contributed by atoms with Crippen molar-refractivity contribution in [3.8, 4) is 0 Å². The number of thiophene rings is 1. The Hall–Kier alpha value is -0.0500. The lowest BCUT2D eigenvalue weighted by Crippen LogP contribution is -2.23. The molecule has 2 rings (SSSR count). The summed E-state index contributed by atoms with van der Waals surface area (Å²) in [6.07, 6.45) is 2.34. The van der Waals surface area contributed by atoms with Crippen LogP contribution >= 0.6 is 22.9 Å². The van der Waals surface area contributed by atoms with E-state index in [1.807, 2.05) is 0 Å². The van der Waals surface area contributed by atoms with Gasteiger partial charge in [-0.25, -0.2) is 0 Å². The summed E-state index contributed by atoms with van der Waals surface area (Å²) in [6.45, 7) is 2.21. The molecule has 0 saturated carbocycles. The number of rotatable bonds is 0. The molecule has 66 valence electrons. The molecule has 0 radical (unpaired) electrons. The van der Waals surface area contributed by atoms with Crippen molar-refractivity contribution in [2.45, 2.75) is 25.8 Å². The third-order valence-electron chi connectivity index (χ3n) is 2.60. The fraction of sp³-hybridized carbons (Fsp3) is 0.556. The Balaban J connectivity index is 2.41. The Morgan fingerprint density at radius 2 is 2.42 bits per heavy atom. The molecule has 0 bridgehead atoms. The molecule has 3 heteroatoms. The molecular formula is C9H12ClNS. The van der Waals surface area contributed by atoms with Crippen molar-refractivity contribution in [3.05, 3.63) is 20.8 Å². The largest absolute Gasteiger partial charge is 0.323 e. The van der Waals surface area contributed by atoms with E-state index in [-0.39, 0.29) is 6.04 Å². The molecule has 1 aliphatic rings. The first-order valence-electron chi connectivity index (χ1n) is 4.22. The van der Waals surface area contributed by atoms with Gasteiger partial charge in [-0.15, -0.1) is 11.3 Å². The number of hydrogen-bond donors (Lipinski definition) is 1. The highest BCUT2D eigenvalue weighted by molar-refractivity contribution is 7.16. The molecule has 1 nitrogen and oxygen atoms in total. The van der Waals surface area contributed by atoms with Gasteiger partial charge in [0.15, 0.2) is 0 Å². The summed E-state index contributed by atoms with van der Waals surface area (Å²) in [7, 11) is 0. The zero-order chi connectivity index (χ0) is 8.72. The maximum absolute atomic E-state index is 6.05. The predicted octanol–water partition coefficient (Wildman–Crippen LogP) is 2.98. The molecule has 0 aromatic carbocycles. The zero-order valence-corrected chi connectivity index (χ0v) is 8.58. The van der Waals surface area contributed by atoms with Crippen LogP contribution in [0.4, 0.5) is 0 Å². The lowest BCUT2D eigenvalue weighted by molar-refractivity contribution is 0.419. The van der Waals surface area contributed by atoms with E-state index in [9.17, 15) is 0 Å².